The molecule has 5 nitrogen and oxygen atoms in total. The summed E-state index contributed by atoms with van der Waals surface area (Å²) in [6.45, 7) is 4.77. The van der Waals surface area contributed by atoms with Crippen LogP contribution in [0.3, 0.4) is 0 Å². The first-order valence-corrected chi connectivity index (χ1v) is 9.67. The summed E-state index contributed by atoms with van der Waals surface area (Å²) in [7, 11) is 3.90. The van der Waals surface area contributed by atoms with Crippen molar-refractivity contribution in [2.45, 2.75) is 56.1 Å². The van der Waals surface area contributed by atoms with E-state index < -0.39 is 5.79 Å². The maximum absolute atomic E-state index is 6.54. The van der Waals surface area contributed by atoms with E-state index in [0.717, 1.165) is 43.9 Å². The normalized spacial score (nSPS) is 38.0. The summed E-state index contributed by atoms with van der Waals surface area (Å²) in [4.78, 5) is 2.39. The highest BCUT2D eigenvalue weighted by molar-refractivity contribution is 5.61. The van der Waals surface area contributed by atoms with Crippen molar-refractivity contribution < 1.29 is 18.9 Å². The highest BCUT2D eigenvalue weighted by Crippen LogP contribution is 2.57. The maximum Gasteiger partial charge on any atom is 0.191 e. The lowest BCUT2D eigenvalue weighted by molar-refractivity contribution is -0.156. The summed E-state index contributed by atoms with van der Waals surface area (Å²) in [6.07, 6.45) is 7.38. The lowest BCUT2D eigenvalue weighted by atomic mass is 9.68. The predicted octanol–water partition coefficient (Wildman–Crippen LogP) is 3.01. The third-order valence-corrected chi connectivity index (χ3v) is 6.51. The Morgan fingerprint density at radius 2 is 2.19 bits per heavy atom. The van der Waals surface area contributed by atoms with Crippen LogP contribution >= 0.6 is 0 Å². The standard InChI is InChI=1S/C21H27NO4/c1-4-15-13-24-21(26-15)8-7-20-9-10-22(2)12-14-5-6-16(23-3)19(18(14)20)25-17(20)11-21/h5-8,15,17H,4,9-13H2,1-3H3/t15-,17?,20?,21?/m1/s1. The van der Waals surface area contributed by atoms with Gasteiger partial charge in [-0.1, -0.05) is 19.1 Å². The third kappa shape index (κ3) is 2.20. The van der Waals surface area contributed by atoms with Gasteiger partial charge in [-0.25, -0.2) is 0 Å². The summed E-state index contributed by atoms with van der Waals surface area (Å²) in [5.74, 6) is 1.10. The van der Waals surface area contributed by atoms with Crippen molar-refractivity contribution in [1.29, 1.82) is 0 Å². The van der Waals surface area contributed by atoms with Gasteiger partial charge in [0.25, 0.3) is 0 Å². The average Bonchev–Trinajstić information content (AvgIpc) is 3.15. The Hall–Kier alpha value is -1.56. The van der Waals surface area contributed by atoms with Gasteiger partial charge in [-0.15, -0.1) is 0 Å². The van der Waals surface area contributed by atoms with Crippen molar-refractivity contribution in [3.05, 3.63) is 35.4 Å². The molecule has 1 aromatic carbocycles. The summed E-state index contributed by atoms with van der Waals surface area (Å²) >= 11 is 0. The molecule has 4 aliphatic rings. The summed E-state index contributed by atoms with van der Waals surface area (Å²) in [5.41, 5.74) is 2.53. The SMILES string of the molecule is CC[C@@H]1COC2(C=CC34CCN(C)Cc5ccc(OC)c(c53)OC4C2)O1. The van der Waals surface area contributed by atoms with E-state index in [1.165, 1.54) is 11.1 Å². The quantitative estimate of drug-likeness (QED) is 0.761. The third-order valence-electron chi connectivity index (χ3n) is 6.51. The van der Waals surface area contributed by atoms with E-state index in [1.807, 2.05) is 6.07 Å². The lowest BCUT2D eigenvalue weighted by Crippen LogP contribution is -2.48. The second-order valence-corrected chi connectivity index (χ2v) is 8.07. The van der Waals surface area contributed by atoms with Gasteiger partial charge in [0.05, 0.1) is 25.2 Å². The highest BCUT2D eigenvalue weighted by Gasteiger charge is 2.57. The monoisotopic (exact) mass is 357 g/mol. The molecule has 0 amide bonds. The Kier molecular flexibility index (Phi) is 3.65. The van der Waals surface area contributed by atoms with Gasteiger partial charge >= 0.3 is 0 Å². The Morgan fingerprint density at radius 3 is 2.96 bits per heavy atom. The van der Waals surface area contributed by atoms with Gasteiger partial charge < -0.3 is 23.8 Å². The molecule has 1 fully saturated rings. The molecular formula is C21H27NO4. The number of rotatable bonds is 2. The molecule has 0 aromatic heterocycles. The fourth-order valence-electron chi connectivity index (χ4n) is 5.04. The van der Waals surface area contributed by atoms with Crippen molar-refractivity contribution in [1.82, 2.24) is 4.90 Å². The molecule has 0 N–H and O–H groups in total. The number of benzene rings is 1. The number of hydrogen-bond donors (Lipinski definition) is 0. The summed E-state index contributed by atoms with van der Waals surface area (Å²) in [6, 6.07) is 4.23. The predicted molar refractivity (Wildman–Crippen MR) is 97.6 cm³/mol. The largest absolute Gasteiger partial charge is 0.493 e. The van der Waals surface area contributed by atoms with Gasteiger partial charge in [0, 0.05) is 18.5 Å². The average molecular weight is 357 g/mol. The second-order valence-electron chi connectivity index (χ2n) is 8.07. The molecule has 2 spiro atoms. The van der Waals surface area contributed by atoms with Crippen LogP contribution in [-0.4, -0.2) is 50.2 Å². The number of ether oxygens (including phenoxy) is 4. The zero-order valence-corrected chi connectivity index (χ0v) is 15.8. The molecule has 1 aromatic rings. The van der Waals surface area contributed by atoms with Crippen molar-refractivity contribution in [3.8, 4) is 11.5 Å². The molecule has 3 heterocycles. The molecule has 3 aliphatic heterocycles. The minimum atomic E-state index is -0.635. The van der Waals surface area contributed by atoms with E-state index in [1.54, 1.807) is 7.11 Å². The van der Waals surface area contributed by atoms with E-state index in [4.69, 9.17) is 18.9 Å². The Bertz CT molecular complexity index is 763. The fourth-order valence-corrected chi connectivity index (χ4v) is 5.04. The minimum absolute atomic E-state index is 0.0136. The van der Waals surface area contributed by atoms with Crippen LogP contribution in [0, 0.1) is 0 Å². The van der Waals surface area contributed by atoms with Gasteiger partial charge in [0.2, 0.25) is 0 Å². The van der Waals surface area contributed by atoms with Gasteiger partial charge in [-0.2, -0.15) is 0 Å². The number of methoxy groups -OCH3 is 1. The van der Waals surface area contributed by atoms with Gasteiger partial charge in [0.15, 0.2) is 17.3 Å². The maximum atomic E-state index is 6.54. The van der Waals surface area contributed by atoms with E-state index >= 15 is 0 Å². The van der Waals surface area contributed by atoms with Crippen molar-refractivity contribution in [2.75, 3.05) is 27.3 Å². The molecule has 5 rings (SSSR count). The molecule has 1 aliphatic carbocycles. The van der Waals surface area contributed by atoms with E-state index in [0.29, 0.717) is 6.61 Å². The van der Waals surface area contributed by atoms with E-state index in [9.17, 15) is 0 Å². The Balaban J connectivity index is 1.61. The molecule has 0 saturated carbocycles. The zero-order chi connectivity index (χ0) is 17.9. The molecule has 1 saturated heterocycles. The topological polar surface area (TPSA) is 40.2 Å². The Labute approximate surface area is 154 Å². The van der Waals surface area contributed by atoms with E-state index in [-0.39, 0.29) is 17.6 Å². The van der Waals surface area contributed by atoms with E-state index in [2.05, 4.69) is 37.1 Å². The van der Waals surface area contributed by atoms with Crippen LogP contribution in [0.15, 0.2) is 24.3 Å². The molecule has 4 atom stereocenters. The first-order valence-electron chi connectivity index (χ1n) is 9.67. The first-order chi connectivity index (χ1) is 12.6. The summed E-state index contributed by atoms with van der Waals surface area (Å²) < 4.78 is 24.5. The Morgan fingerprint density at radius 1 is 1.31 bits per heavy atom. The van der Waals surface area contributed by atoms with Crippen molar-refractivity contribution >= 4 is 0 Å². The van der Waals surface area contributed by atoms with Crippen LogP contribution in [0.25, 0.3) is 0 Å². The van der Waals surface area contributed by atoms with Crippen molar-refractivity contribution in [2.24, 2.45) is 0 Å². The molecule has 26 heavy (non-hydrogen) atoms. The van der Waals surface area contributed by atoms with Crippen LogP contribution in [0.4, 0.5) is 0 Å². The smallest absolute Gasteiger partial charge is 0.191 e. The molecular weight excluding hydrogens is 330 g/mol. The van der Waals surface area contributed by atoms with Gasteiger partial charge in [0.1, 0.15) is 6.10 Å². The second kappa shape index (κ2) is 5.72. The molecule has 140 valence electrons. The first kappa shape index (κ1) is 16.6. The van der Waals surface area contributed by atoms with Gasteiger partial charge in [-0.05, 0) is 44.1 Å². The lowest BCUT2D eigenvalue weighted by Gasteiger charge is -2.40. The zero-order valence-electron chi connectivity index (χ0n) is 15.8. The summed E-state index contributed by atoms with van der Waals surface area (Å²) in [5, 5.41) is 0. The van der Waals surface area contributed by atoms with Crippen LogP contribution in [0.5, 0.6) is 11.5 Å². The molecule has 0 radical (unpaired) electrons. The molecule has 5 heteroatoms. The highest BCUT2D eigenvalue weighted by atomic mass is 16.7. The fraction of sp³-hybridized carbons (Fsp3) is 0.619. The van der Waals surface area contributed by atoms with Crippen LogP contribution in [-0.2, 0) is 21.4 Å². The molecule has 3 unspecified atom stereocenters. The number of nitrogens with zero attached hydrogens (tertiary/aromatic N) is 1. The minimum Gasteiger partial charge on any atom is -0.493 e. The van der Waals surface area contributed by atoms with Gasteiger partial charge in [-0.3, -0.25) is 0 Å². The van der Waals surface area contributed by atoms with Crippen LogP contribution < -0.4 is 9.47 Å². The van der Waals surface area contributed by atoms with Crippen LogP contribution in [0.1, 0.15) is 37.3 Å². The molecule has 0 bridgehead atoms. The van der Waals surface area contributed by atoms with Crippen molar-refractivity contribution in [3.63, 3.8) is 0 Å². The van der Waals surface area contributed by atoms with Crippen LogP contribution in [0.2, 0.25) is 0 Å². The number of hydrogen-bond acceptors (Lipinski definition) is 5.